The minimum Gasteiger partial charge on any atom is -0.304 e. The molecule has 1 heterocycles. The van der Waals surface area contributed by atoms with Crippen LogP contribution in [-0.2, 0) is 18.3 Å². The van der Waals surface area contributed by atoms with Crippen molar-refractivity contribution in [2.24, 2.45) is 12.9 Å². The first-order chi connectivity index (χ1) is 8.24. The van der Waals surface area contributed by atoms with E-state index in [1.165, 1.54) is 4.57 Å². The molecule has 0 atom stereocenters. The number of aryl methyl sites for hydroxylation is 1. The third-order valence-corrected chi connectivity index (χ3v) is 2.69. The summed E-state index contributed by atoms with van der Waals surface area (Å²) in [5.41, 5.74) is 1.84. The van der Waals surface area contributed by atoms with Crippen LogP contribution in [0, 0.1) is 0 Å². The first-order valence-electron chi connectivity index (χ1n) is 5.38. The van der Waals surface area contributed by atoms with Crippen LogP contribution in [0.3, 0.4) is 0 Å². The van der Waals surface area contributed by atoms with Gasteiger partial charge in [-0.25, -0.2) is 10.7 Å². The summed E-state index contributed by atoms with van der Waals surface area (Å²) < 4.78 is 3.15. The number of nitrogens with two attached hydrogens (primary N) is 1. The lowest BCUT2D eigenvalue weighted by Crippen LogP contribution is -2.21. The monoisotopic (exact) mass is 233 g/mol. The summed E-state index contributed by atoms with van der Waals surface area (Å²) in [6.45, 7) is 0.429. The molecule has 0 radical (unpaired) electrons. The SMILES string of the molecule is Cn1ccn(-c2ccccc2CCON)c1=O. The second-order valence-electron chi connectivity index (χ2n) is 3.81. The Morgan fingerprint density at radius 1 is 1.29 bits per heavy atom. The number of imidazole rings is 1. The van der Waals surface area contributed by atoms with Crippen LogP contribution in [0.2, 0.25) is 0 Å². The maximum Gasteiger partial charge on any atom is 0.332 e. The van der Waals surface area contributed by atoms with E-state index in [0.717, 1.165) is 11.3 Å². The van der Waals surface area contributed by atoms with Crippen molar-refractivity contribution in [3.05, 3.63) is 52.7 Å². The summed E-state index contributed by atoms with van der Waals surface area (Å²) in [4.78, 5) is 16.4. The van der Waals surface area contributed by atoms with Crippen molar-refractivity contribution in [1.29, 1.82) is 0 Å². The Bertz CT molecular complexity index is 557. The molecule has 0 saturated carbocycles. The fourth-order valence-corrected chi connectivity index (χ4v) is 1.77. The van der Waals surface area contributed by atoms with Gasteiger partial charge in [-0.15, -0.1) is 0 Å². The lowest BCUT2D eigenvalue weighted by Gasteiger charge is -2.08. The average Bonchev–Trinajstić information content (AvgIpc) is 2.68. The number of rotatable bonds is 4. The largest absolute Gasteiger partial charge is 0.332 e. The highest BCUT2D eigenvalue weighted by Crippen LogP contribution is 2.13. The molecule has 0 aliphatic heterocycles. The number of hydrogen-bond donors (Lipinski definition) is 1. The molecular weight excluding hydrogens is 218 g/mol. The van der Waals surface area contributed by atoms with Gasteiger partial charge in [0.05, 0.1) is 12.3 Å². The van der Waals surface area contributed by atoms with E-state index in [2.05, 4.69) is 4.84 Å². The summed E-state index contributed by atoms with van der Waals surface area (Å²) >= 11 is 0. The normalized spacial score (nSPS) is 10.7. The third-order valence-electron chi connectivity index (χ3n) is 2.69. The highest BCUT2D eigenvalue weighted by molar-refractivity contribution is 5.41. The molecule has 0 bridgehead atoms. The molecule has 0 fully saturated rings. The van der Waals surface area contributed by atoms with Crippen molar-refractivity contribution in [2.45, 2.75) is 6.42 Å². The molecule has 0 spiro atoms. The van der Waals surface area contributed by atoms with Crippen molar-refractivity contribution in [2.75, 3.05) is 6.61 Å². The maximum atomic E-state index is 11.9. The van der Waals surface area contributed by atoms with Crippen LogP contribution in [0.25, 0.3) is 5.69 Å². The van der Waals surface area contributed by atoms with Crippen LogP contribution in [0.15, 0.2) is 41.5 Å². The molecule has 90 valence electrons. The Morgan fingerprint density at radius 3 is 2.71 bits per heavy atom. The van der Waals surface area contributed by atoms with Crippen LogP contribution in [0.5, 0.6) is 0 Å². The molecule has 0 aliphatic rings. The molecule has 1 aromatic heterocycles. The summed E-state index contributed by atoms with van der Waals surface area (Å²) in [5, 5.41) is 0. The van der Waals surface area contributed by atoms with E-state index < -0.39 is 0 Å². The van der Waals surface area contributed by atoms with E-state index in [0.29, 0.717) is 13.0 Å². The van der Waals surface area contributed by atoms with Gasteiger partial charge in [0.15, 0.2) is 0 Å². The number of nitrogens with zero attached hydrogens (tertiary/aromatic N) is 2. The number of benzene rings is 1. The number of hydrogen-bond acceptors (Lipinski definition) is 3. The van der Waals surface area contributed by atoms with Gasteiger partial charge in [0.2, 0.25) is 0 Å². The van der Waals surface area contributed by atoms with Gasteiger partial charge in [0, 0.05) is 19.4 Å². The number of para-hydroxylation sites is 1. The number of aromatic nitrogens is 2. The first-order valence-corrected chi connectivity index (χ1v) is 5.38. The van der Waals surface area contributed by atoms with Gasteiger partial charge in [0.1, 0.15) is 0 Å². The van der Waals surface area contributed by atoms with Crippen molar-refractivity contribution in [3.63, 3.8) is 0 Å². The topological polar surface area (TPSA) is 62.2 Å². The van der Waals surface area contributed by atoms with E-state index in [1.807, 2.05) is 24.3 Å². The van der Waals surface area contributed by atoms with Gasteiger partial charge in [-0.05, 0) is 18.1 Å². The molecule has 2 N–H and O–H groups in total. The van der Waals surface area contributed by atoms with Gasteiger partial charge in [-0.2, -0.15) is 0 Å². The summed E-state index contributed by atoms with van der Waals surface area (Å²) in [6.07, 6.45) is 4.16. The fraction of sp³-hybridized carbons (Fsp3) is 0.250. The Balaban J connectivity index is 2.44. The van der Waals surface area contributed by atoms with Gasteiger partial charge in [-0.1, -0.05) is 18.2 Å². The Kier molecular flexibility index (Phi) is 3.41. The molecule has 0 amide bonds. The zero-order valence-corrected chi connectivity index (χ0v) is 9.67. The predicted molar refractivity (Wildman–Crippen MR) is 64.9 cm³/mol. The standard InChI is InChI=1S/C12H15N3O2/c1-14-7-8-15(12(14)16)11-5-3-2-4-10(11)6-9-17-13/h2-5,7-8H,6,9,13H2,1H3. The van der Waals surface area contributed by atoms with E-state index in [-0.39, 0.29) is 5.69 Å². The fourth-order valence-electron chi connectivity index (χ4n) is 1.77. The summed E-state index contributed by atoms with van der Waals surface area (Å²) in [5.74, 6) is 5.03. The van der Waals surface area contributed by atoms with E-state index in [4.69, 9.17) is 5.90 Å². The minimum atomic E-state index is -0.0638. The van der Waals surface area contributed by atoms with E-state index >= 15 is 0 Å². The maximum absolute atomic E-state index is 11.9. The highest BCUT2D eigenvalue weighted by Gasteiger charge is 2.07. The minimum absolute atomic E-state index is 0.0638. The Morgan fingerprint density at radius 2 is 2.06 bits per heavy atom. The molecule has 5 heteroatoms. The molecule has 0 aliphatic carbocycles. The van der Waals surface area contributed by atoms with Gasteiger partial charge in [0.25, 0.3) is 0 Å². The van der Waals surface area contributed by atoms with Gasteiger partial charge >= 0.3 is 5.69 Å². The second-order valence-corrected chi connectivity index (χ2v) is 3.81. The molecular formula is C12H15N3O2. The molecule has 2 aromatic rings. The van der Waals surface area contributed by atoms with Crippen LogP contribution in [0.4, 0.5) is 0 Å². The molecule has 17 heavy (non-hydrogen) atoms. The molecule has 5 nitrogen and oxygen atoms in total. The van der Waals surface area contributed by atoms with Crippen molar-refractivity contribution in [1.82, 2.24) is 9.13 Å². The first kappa shape index (κ1) is 11.6. The van der Waals surface area contributed by atoms with Crippen LogP contribution in [0.1, 0.15) is 5.56 Å². The van der Waals surface area contributed by atoms with Crippen molar-refractivity contribution < 1.29 is 4.84 Å². The second kappa shape index (κ2) is 4.99. The predicted octanol–water partition coefficient (Wildman–Crippen LogP) is 0.609. The lowest BCUT2D eigenvalue weighted by atomic mass is 10.1. The highest BCUT2D eigenvalue weighted by atomic mass is 16.6. The molecule has 1 aromatic carbocycles. The summed E-state index contributed by atoms with van der Waals surface area (Å²) in [6, 6.07) is 7.71. The van der Waals surface area contributed by atoms with Crippen molar-refractivity contribution >= 4 is 0 Å². The summed E-state index contributed by atoms with van der Waals surface area (Å²) in [7, 11) is 1.73. The lowest BCUT2D eigenvalue weighted by molar-refractivity contribution is 0.141. The molecule has 0 unspecified atom stereocenters. The quantitative estimate of drug-likeness (QED) is 0.787. The Hall–Kier alpha value is -1.85. The van der Waals surface area contributed by atoms with E-state index in [1.54, 1.807) is 24.0 Å². The van der Waals surface area contributed by atoms with Gasteiger partial charge in [-0.3, -0.25) is 4.57 Å². The van der Waals surface area contributed by atoms with Crippen molar-refractivity contribution in [3.8, 4) is 5.69 Å². The molecule has 2 rings (SSSR count). The van der Waals surface area contributed by atoms with Gasteiger partial charge < -0.3 is 9.40 Å². The molecule has 0 saturated heterocycles. The zero-order chi connectivity index (χ0) is 12.3. The van der Waals surface area contributed by atoms with E-state index in [9.17, 15) is 4.79 Å². The Labute approximate surface area is 99.0 Å². The third kappa shape index (κ3) is 2.30. The zero-order valence-electron chi connectivity index (χ0n) is 9.67. The smallest absolute Gasteiger partial charge is 0.304 e. The van der Waals surface area contributed by atoms with Crippen LogP contribution in [-0.4, -0.2) is 15.7 Å². The average molecular weight is 233 g/mol. The van der Waals surface area contributed by atoms with Crippen LogP contribution < -0.4 is 11.6 Å². The van der Waals surface area contributed by atoms with Crippen LogP contribution >= 0.6 is 0 Å².